The van der Waals surface area contributed by atoms with Crippen molar-refractivity contribution in [3.8, 4) is 5.88 Å². The topological polar surface area (TPSA) is 72.3 Å². The van der Waals surface area contributed by atoms with Crippen LogP contribution in [0.3, 0.4) is 0 Å². The Labute approximate surface area is 164 Å². The predicted octanol–water partition coefficient (Wildman–Crippen LogP) is 3.00. The highest BCUT2D eigenvalue weighted by Crippen LogP contribution is 2.21. The zero-order valence-electron chi connectivity index (χ0n) is 16.5. The number of fused-ring (bicyclic) bond motifs is 1. The third kappa shape index (κ3) is 3.84. The molecule has 0 saturated carbocycles. The lowest BCUT2D eigenvalue weighted by atomic mass is 10.1. The Kier molecular flexibility index (Phi) is 5.00. The van der Waals surface area contributed by atoms with Gasteiger partial charge >= 0.3 is 0 Å². The van der Waals surface area contributed by atoms with Crippen molar-refractivity contribution in [2.24, 2.45) is 7.05 Å². The summed E-state index contributed by atoms with van der Waals surface area (Å²) in [5.41, 5.74) is 3.08. The van der Waals surface area contributed by atoms with Gasteiger partial charge in [0.2, 0.25) is 5.88 Å². The van der Waals surface area contributed by atoms with E-state index >= 15 is 0 Å². The van der Waals surface area contributed by atoms with E-state index in [1.807, 2.05) is 30.7 Å². The Bertz CT molecular complexity index is 1010. The average Bonchev–Trinajstić information content (AvgIpc) is 2.97. The van der Waals surface area contributed by atoms with Gasteiger partial charge in [-0.2, -0.15) is 0 Å². The number of aromatic nitrogens is 3. The second kappa shape index (κ2) is 7.59. The molecule has 0 aliphatic carbocycles. The number of ether oxygens (including phenoxy) is 1. The van der Waals surface area contributed by atoms with Crippen molar-refractivity contribution < 1.29 is 9.53 Å². The molecule has 1 saturated heterocycles. The maximum absolute atomic E-state index is 12.7. The predicted molar refractivity (Wildman–Crippen MR) is 109 cm³/mol. The molecule has 3 aromatic rings. The van der Waals surface area contributed by atoms with Crippen LogP contribution in [0.2, 0.25) is 0 Å². The van der Waals surface area contributed by atoms with Crippen LogP contribution in [-0.2, 0) is 7.05 Å². The lowest BCUT2D eigenvalue weighted by Gasteiger charge is -2.28. The van der Waals surface area contributed by atoms with Crippen LogP contribution in [0.25, 0.3) is 11.0 Å². The van der Waals surface area contributed by atoms with Gasteiger partial charge in [-0.25, -0.2) is 9.97 Å². The summed E-state index contributed by atoms with van der Waals surface area (Å²) in [7, 11) is 4.07. The highest BCUT2D eigenvalue weighted by Gasteiger charge is 2.19. The minimum atomic E-state index is -0.169. The molecule has 2 aromatic heterocycles. The molecule has 1 N–H and O–H groups in total. The number of imidazole rings is 1. The van der Waals surface area contributed by atoms with Crippen LogP contribution >= 0.6 is 0 Å². The summed E-state index contributed by atoms with van der Waals surface area (Å²) in [5, 5.41) is 2.94. The summed E-state index contributed by atoms with van der Waals surface area (Å²) in [6.45, 7) is 4.00. The Morgan fingerprint density at radius 2 is 1.96 bits per heavy atom. The first-order valence-electron chi connectivity index (χ1n) is 9.55. The van der Waals surface area contributed by atoms with E-state index in [0.717, 1.165) is 42.8 Å². The van der Waals surface area contributed by atoms with Gasteiger partial charge in [-0.15, -0.1) is 0 Å². The smallest absolute Gasteiger partial charge is 0.255 e. The van der Waals surface area contributed by atoms with Crippen molar-refractivity contribution in [1.82, 2.24) is 19.4 Å². The number of piperidine rings is 1. The van der Waals surface area contributed by atoms with Crippen LogP contribution in [0.4, 0.5) is 5.69 Å². The molecular formula is C21H25N5O2. The van der Waals surface area contributed by atoms with Crippen molar-refractivity contribution in [3.63, 3.8) is 0 Å². The van der Waals surface area contributed by atoms with Gasteiger partial charge in [0, 0.05) is 43.7 Å². The number of pyridine rings is 1. The second-order valence-electron chi connectivity index (χ2n) is 7.38. The number of aryl methyl sites for hydroxylation is 2. The van der Waals surface area contributed by atoms with E-state index in [-0.39, 0.29) is 12.0 Å². The van der Waals surface area contributed by atoms with Crippen LogP contribution in [-0.4, -0.2) is 51.6 Å². The highest BCUT2D eigenvalue weighted by atomic mass is 16.5. The van der Waals surface area contributed by atoms with Gasteiger partial charge in [0.15, 0.2) is 0 Å². The molecule has 3 heterocycles. The lowest BCUT2D eigenvalue weighted by Crippen LogP contribution is -2.35. The molecule has 0 unspecified atom stereocenters. The normalized spacial score (nSPS) is 15.7. The third-order valence-electron chi connectivity index (χ3n) is 5.31. The molecule has 0 atom stereocenters. The monoisotopic (exact) mass is 379 g/mol. The number of amides is 1. The molecule has 1 amide bonds. The molecule has 0 radical (unpaired) electrons. The summed E-state index contributed by atoms with van der Waals surface area (Å²) in [4.78, 5) is 23.8. The standard InChI is InChI=1S/C21H25N5O2/c1-14-23-18-5-4-15(12-19(18)26(14)3)21(27)24-16-6-9-22-20(13-16)28-17-7-10-25(2)11-8-17/h4-6,9,12-13,17H,7-8,10-11H2,1-3H3,(H,22,24,27). The molecule has 1 fully saturated rings. The molecular weight excluding hydrogens is 354 g/mol. The van der Waals surface area contributed by atoms with Gasteiger partial charge in [-0.05, 0) is 51.1 Å². The number of hydrogen-bond donors (Lipinski definition) is 1. The minimum Gasteiger partial charge on any atom is -0.474 e. The van der Waals surface area contributed by atoms with E-state index in [9.17, 15) is 4.79 Å². The maximum atomic E-state index is 12.7. The Hall–Kier alpha value is -2.93. The molecule has 28 heavy (non-hydrogen) atoms. The fourth-order valence-corrected chi connectivity index (χ4v) is 3.48. The highest BCUT2D eigenvalue weighted by molar-refractivity contribution is 6.06. The number of hydrogen-bond acceptors (Lipinski definition) is 5. The Balaban J connectivity index is 1.46. The van der Waals surface area contributed by atoms with Gasteiger partial charge in [0.25, 0.3) is 5.91 Å². The van der Waals surface area contributed by atoms with E-state index in [1.165, 1.54) is 0 Å². The first-order valence-corrected chi connectivity index (χ1v) is 9.55. The summed E-state index contributed by atoms with van der Waals surface area (Å²) >= 11 is 0. The fourth-order valence-electron chi connectivity index (χ4n) is 3.48. The van der Waals surface area contributed by atoms with Crippen LogP contribution in [0.5, 0.6) is 5.88 Å². The zero-order chi connectivity index (χ0) is 19.7. The first-order chi connectivity index (χ1) is 13.5. The van der Waals surface area contributed by atoms with Gasteiger partial charge in [-0.1, -0.05) is 0 Å². The molecule has 7 heteroatoms. The van der Waals surface area contributed by atoms with Gasteiger partial charge < -0.3 is 19.5 Å². The van der Waals surface area contributed by atoms with Crippen molar-refractivity contribution >= 4 is 22.6 Å². The van der Waals surface area contributed by atoms with E-state index in [2.05, 4.69) is 27.2 Å². The summed E-state index contributed by atoms with van der Waals surface area (Å²) in [6, 6.07) is 9.08. The number of carbonyl (C=O) groups is 1. The Morgan fingerprint density at radius 1 is 1.18 bits per heavy atom. The van der Waals surface area contributed by atoms with Gasteiger partial charge in [0.05, 0.1) is 11.0 Å². The second-order valence-corrected chi connectivity index (χ2v) is 7.38. The number of likely N-dealkylation sites (tertiary alicyclic amines) is 1. The summed E-state index contributed by atoms with van der Waals surface area (Å²) in [5.74, 6) is 1.29. The number of anilines is 1. The van der Waals surface area contributed by atoms with E-state index in [1.54, 1.807) is 24.4 Å². The number of nitrogens with zero attached hydrogens (tertiary/aromatic N) is 4. The summed E-state index contributed by atoms with van der Waals surface area (Å²) in [6.07, 6.45) is 3.80. The molecule has 1 aliphatic rings. The lowest BCUT2D eigenvalue weighted by molar-refractivity contribution is 0.102. The molecule has 0 spiro atoms. The third-order valence-corrected chi connectivity index (χ3v) is 5.31. The molecule has 4 rings (SSSR count). The maximum Gasteiger partial charge on any atom is 0.255 e. The molecule has 7 nitrogen and oxygen atoms in total. The molecule has 0 bridgehead atoms. The SMILES string of the molecule is Cc1nc2ccc(C(=O)Nc3ccnc(OC4CCN(C)CC4)c3)cc2n1C. The number of carbonyl (C=O) groups excluding carboxylic acids is 1. The fraction of sp³-hybridized carbons (Fsp3) is 0.381. The first kappa shape index (κ1) is 18.4. The average molecular weight is 379 g/mol. The number of benzene rings is 1. The molecule has 146 valence electrons. The zero-order valence-corrected chi connectivity index (χ0v) is 16.5. The van der Waals surface area contributed by atoms with Crippen molar-refractivity contribution in [2.75, 3.05) is 25.5 Å². The van der Waals surface area contributed by atoms with Crippen LogP contribution < -0.4 is 10.1 Å². The number of rotatable bonds is 4. The van der Waals surface area contributed by atoms with Crippen molar-refractivity contribution in [1.29, 1.82) is 0 Å². The van der Waals surface area contributed by atoms with Crippen LogP contribution in [0, 0.1) is 6.92 Å². The summed E-state index contributed by atoms with van der Waals surface area (Å²) < 4.78 is 7.99. The quantitative estimate of drug-likeness (QED) is 0.754. The Morgan fingerprint density at radius 3 is 2.75 bits per heavy atom. The van der Waals surface area contributed by atoms with Crippen molar-refractivity contribution in [3.05, 3.63) is 47.9 Å². The van der Waals surface area contributed by atoms with Crippen LogP contribution in [0.15, 0.2) is 36.5 Å². The minimum absolute atomic E-state index is 0.169. The van der Waals surface area contributed by atoms with E-state index in [4.69, 9.17) is 4.74 Å². The van der Waals surface area contributed by atoms with E-state index < -0.39 is 0 Å². The molecule has 1 aliphatic heterocycles. The largest absolute Gasteiger partial charge is 0.474 e. The van der Waals surface area contributed by atoms with E-state index in [0.29, 0.717) is 17.1 Å². The molecule has 1 aromatic carbocycles. The van der Waals surface area contributed by atoms with Crippen molar-refractivity contribution in [2.45, 2.75) is 25.9 Å². The van der Waals surface area contributed by atoms with Gasteiger partial charge in [0.1, 0.15) is 11.9 Å². The van der Waals surface area contributed by atoms with Crippen LogP contribution in [0.1, 0.15) is 29.0 Å². The number of nitrogens with one attached hydrogen (secondary N) is 1. The van der Waals surface area contributed by atoms with Gasteiger partial charge in [-0.3, -0.25) is 4.79 Å².